The Bertz CT molecular complexity index is 1300. The maximum atomic E-state index is 15.0. The van der Waals surface area contributed by atoms with Crippen molar-refractivity contribution in [3.63, 3.8) is 0 Å². The number of rotatable bonds is 6. The summed E-state index contributed by atoms with van der Waals surface area (Å²) in [4.78, 5) is 25.3. The minimum atomic E-state index is -4.78. The van der Waals surface area contributed by atoms with Gasteiger partial charge in [0.25, 0.3) is 5.91 Å². The van der Waals surface area contributed by atoms with Crippen LogP contribution in [0.25, 0.3) is 5.69 Å². The quantitative estimate of drug-likeness (QED) is 0.530. The largest absolute Gasteiger partial charge is 0.480 e. The maximum absolute atomic E-state index is 15.0. The molecule has 1 aromatic heterocycles. The van der Waals surface area contributed by atoms with Crippen molar-refractivity contribution in [2.45, 2.75) is 39.5 Å². The lowest BCUT2D eigenvalue weighted by molar-refractivity contribution is -0.189. The van der Waals surface area contributed by atoms with Gasteiger partial charge in [-0.25, -0.2) is 13.6 Å². The van der Waals surface area contributed by atoms with E-state index in [0.717, 1.165) is 29.7 Å². The van der Waals surface area contributed by atoms with E-state index in [0.29, 0.717) is 28.6 Å². The lowest BCUT2D eigenvalue weighted by Crippen LogP contribution is -2.32. The summed E-state index contributed by atoms with van der Waals surface area (Å²) in [5.41, 5.74) is -1.27. The van der Waals surface area contributed by atoms with Crippen molar-refractivity contribution < 1.29 is 31.5 Å². The third-order valence-corrected chi connectivity index (χ3v) is 5.11. The number of ether oxygens (including phenoxy) is 1. The first kappa shape index (κ1) is 24.9. The number of aryl methyl sites for hydroxylation is 2. The Morgan fingerprint density at radius 2 is 1.88 bits per heavy atom. The van der Waals surface area contributed by atoms with Crippen molar-refractivity contribution >= 4 is 11.6 Å². The van der Waals surface area contributed by atoms with Gasteiger partial charge in [0.05, 0.1) is 5.56 Å². The molecule has 0 aliphatic carbocycles. The van der Waals surface area contributed by atoms with Crippen LogP contribution in [0.5, 0.6) is 5.75 Å². The second kappa shape index (κ2) is 9.27. The van der Waals surface area contributed by atoms with Crippen LogP contribution in [0.4, 0.5) is 27.6 Å². The molecule has 0 fully saturated rings. The summed E-state index contributed by atoms with van der Waals surface area (Å²) < 4.78 is 74.7. The van der Waals surface area contributed by atoms with Crippen molar-refractivity contribution in [1.29, 1.82) is 0 Å². The minimum Gasteiger partial charge on any atom is -0.480 e. The normalized spacial score (nSPS) is 12.5. The molecule has 0 aliphatic heterocycles. The Morgan fingerprint density at radius 3 is 2.44 bits per heavy atom. The first-order valence-electron chi connectivity index (χ1n) is 10.1. The van der Waals surface area contributed by atoms with Gasteiger partial charge < -0.3 is 10.1 Å². The Hall–Kier alpha value is -3.70. The van der Waals surface area contributed by atoms with Crippen LogP contribution in [0.15, 0.2) is 35.1 Å². The predicted molar refractivity (Wildman–Crippen MR) is 113 cm³/mol. The zero-order valence-corrected chi connectivity index (χ0v) is 18.6. The summed E-state index contributed by atoms with van der Waals surface area (Å²) in [6.07, 6.45) is -6.80. The fourth-order valence-corrected chi connectivity index (χ4v) is 3.14. The Morgan fingerprint density at radius 1 is 1.21 bits per heavy atom. The summed E-state index contributed by atoms with van der Waals surface area (Å²) in [6.45, 7) is 3.94. The van der Waals surface area contributed by atoms with Crippen molar-refractivity contribution in [3.05, 3.63) is 69.4 Å². The third kappa shape index (κ3) is 4.95. The van der Waals surface area contributed by atoms with E-state index >= 15 is 4.39 Å². The molecule has 182 valence electrons. The average Bonchev–Trinajstić information content (AvgIpc) is 3.04. The van der Waals surface area contributed by atoms with Gasteiger partial charge in [-0.1, -0.05) is 6.92 Å². The van der Waals surface area contributed by atoms with E-state index in [1.807, 2.05) is 0 Å². The highest BCUT2D eigenvalue weighted by atomic mass is 19.4. The highest BCUT2D eigenvalue weighted by Crippen LogP contribution is 2.31. The lowest BCUT2D eigenvalue weighted by Gasteiger charge is -2.20. The smallest absolute Gasteiger partial charge is 0.425 e. The Labute approximate surface area is 190 Å². The summed E-state index contributed by atoms with van der Waals surface area (Å²) >= 11 is 0. The molecule has 0 unspecified atom stereocenters. The number of carbonyl (C=O) groups is 1. The van der Waals surface area contributed by atoms with Crippen molar-refractivity contribution in [2.75, 3.05) is 5.32 Å². The molecule has 12 heteroatoms. The topological polar surface area (TPSA) is 78.2 Å². The Kier molecular flexibility index (Phi) is 6.80. The molecule has 0 radical (unpaired) electrons. The first-order valence-corrected chi connectivity index (χ1v) is 10.1. The van der Waals surface area contributed by atoms with Crippen LogP contribution in [0, 0.1) is 18.6 Å². The van der Waals surface area contributed by atoms with Crippen LogP contribution in [-0.4, -0.2) is 32.5 Å². The molecule has 0 bridgehead atoms. The van der Waals surface area contributed by atoms with Gasteiger partial charge in [0, 0.05) is 25.2 Å². The molecule has 1 N–H and O–H groups in total. The molecule has 1 atom stereocenters. The van der Waals surface area contributed by atoms with Crippen LogP contribution >= 0.6 is 0 Å². The number of aromatic nitrogens is 3. The SMILES string of the molecule is CCc1nn(-c2cc(O[C@@H](C)C(F)(F)F)c(C(=O)Nc3ccc(F)cc3C)cc2F)c(=O)n1C. The molecule has 3 aromatic rings. The molecule has 0 aliphatic rings. The second-order valence-corrected chi connectivity index (χ2v) is 7.54. The molecule has 2 aromatic carbocycles. The molecule has 3 rings (SSSR count). The van der Waals surface area contributed by atoms with Crippen molar-refractivity contribution in [1.82, 2.24) is 14.3 Å². The van der Waals surface area contributed by atoms with Crippen LogP contribution in [0.2, 0.25) is 0 Å². The lowest BCUT2D eigenvalue weighted by atomic mass is 10.1. The zero-order valence-electron chi connectivity index (χ0n) is 18.6. The Balaban J connectivity index is 2.12. The predicted octanol–water partition coefficient (Wildman–Crippen LogP) is 4.30. The van der Waals surface area contributed by atoms with Crippen molar-refractivity contribution in [3.8, 4) is 11.4 Å². The van der Waals surface area contributed by atoms with E-state index in [2.05, 4.69) is 10.4 Å². The maximum Gasteiger partial charge on any atom is 0.425 e. The number of anilines is 1. The van der Waals surface area contributed by atoms with E-state index in [4.69, 9.17) is 4.74 Å². The van der Waals surface area contributed by atoms with Gasteiger partial charge in [0.15, 0.2) is 6.10 Å². The number of nitrogens with zero attached hydrogens (tertiary/aromatic N) is 3. The molecule has 0 saturated heterocycles. The van der Waals surface area contributed by atoms with Gasteiger partial charge in [-0.15, -0.1) is 5.10 Å². The number of hydrogen-bond donors (Lipinski definition) is 1. The van der Waals surface area contributed by atoms with Crippen LogP contribution in [0.1, 0.15) is 35.6 Å². The van der Waals surface area contributed by atoms with Crippen LogP contribution in [0.3, 0.4) is 0 Å². The van der Waals surface area contributed by atoms with Gasteiger partial charge >= 0.3 is 11.9 Å². The standard InChI is InChI=1S/C22H21F5N4O3/c1-5-19-29-31(21(33)30(19)4)17-10-18(34-12(3)22(25,26)27)14(9-15(17)24)20(32)28-16-7-6-13(23)8-11(16)2/h6-10,12H,5H2,1-4H3,(H,28,32)/t12-/m0/s1. The van der Waals surface area contributed by atoms with Gasteiger partial charge in [0.1, 0.15) is 28.9 Å². The highest BCUT2D eigenvalue weighted by Gasteiger charge is 2.39. The minimum absolute atomic E-state index is 0.166. The number of carbonyl (C=O) groups excluding carboxylic acids is 1. The van der Waals surface area contributed by atoms with E-state index in [1.165, 1.54) is 20.0 Å². The van der Waals surface area contributed by atoms with Gasteiger partial charge in [-0.2, -0.15) is 17.9 Å². The average molecular weight is 484 g/mol. The molecule has 0 saturated carbocycles. The highest BCUT2D eigenvalue weighted by molar-refractivity contribution is 6.06. The number of benzene rings is 2. The van der Waals surface area contributed by atoms with E-state index in [-0.39, 0.29) is 5.69 Å². The number of halogens is 5. The van der Waals surface area contributed by atoms with E-state index in [9.17, 15) is 27.2 Å². The second-order valence-electron chi connectivity index (χ2n) is 7.54. The molecule has 1 amide bonds. The van der Waals surface area contributed by atoms with Crippen LogP contribution in [-0.2, 0) is 13.5 Å². The number of amides is 1. The summed E-state index contributed by atoms with van der Waals surface area (Å²) in [6, 6.07) is 4.95. The molecule has 1 heterocycles. The monoisotopic (exact) mass is 484 g/mol. The molecule has 7 nitrogen and oxygen atoms in total. The fourth-order valence-electron chi connectivity index (χ4n) is 3.14. The zero-order chi connectivity index (χ0) is 25.4. The van der Waals surface area contributed by atoms with Crippen LogP contribution < -0.4 is 15.7 Å². The molecule has 34 heavy (non-hydrogen) atoms. The summed E-state index contributed by atoms with van der Waals surface area (Å²) in [5, 5.41) is 6.41. The summed E-state index contributed by atoms with van der Waals surface area (Å²) in [7, 11) is 1.42. The van der Waals surface area contributed by atoms with E-state index in [1.54, 1.807) is 6.92 Å². The van der Waals surface area contributed by atoms with Crippen molar-refractivity contribution in [2.24, 2.45) is 7.05 Å². The number of nitrogens with one attached hydrogen (secondary N) is 1. The molecular weight excluding hydrogens is 463 g/mol. The molecule has 0 spiro atoms. The third-order valence-electron chi connectivity index (χ3n) is 5.11. The number of alkyl halides is 3. The van der Waals surface area contributed by atoms with Gasteiger partial charge in [0.2, 0.25) is 0 Å². The van der Waals surface area contributed by atoms with Gasteiger partial charge in [-0.3, -0.25) is 9.36 Å². The number of hydrogen-bond acceptors (Lipinski definition) is 4. The molecular formula is C22H21F5N4O3. The summed E-state index contributed by atoms with van der Waals surface area (Å²) in [5.74, 6) is -2.94. The fraction of sp³-hybridized carbons (Fsp3) is 0.318. The van der Waals surface area contributed by atoms with E-state index < -0.39 is 52.5 Å². The van der Waals surface area contributed by atoms with Gasteiger partial charge in [-0.05, 0) is 43.7 Å². The first-order chi connectivity index (χ1) is 15.8.